The molecule has 174 valence electrons. The maximum Gasteiger partial charge on any atom is 0.355 e. The summed E-state index contributed by atoms with van der Waals surface area (Å²) in [5, 5.41) is 11.8. The molecule has 1 aliphatic heterocycles. The summed E-state index contributed by atoms with van der Waals surface area (Å²) in [7, 11) is 1.51. The van der Waals surface area contributed by atoms with E-state index in [0.717, 1.165) is 0 Å². The Balaban J connectivity index is 1.32. The van der Waals surface area contributed by atoms with E-state index in [4.69, 9.17) is 14.0 Å². The van der Waals surface area contributed by atoms with Gasteiger partial charge in [-0.05, 0) is 24.3 Å². The van der Waals surface area contributed by atoms with Crippen molar-refractivity contribution in [3.05, 3.63) is 66.3 Å². The molecule has 1 aliphatic rings. The number of carbonyl (C=O) groups is 3. The quantitative estimate of drug-likeness (QED) is 0.503. The van der Waals surface area contributed by atoms with Crippen LogP contribution in [0.5, 0.6) is 5.75 Å². The SMILES string of the molecule is COc1ccccc1NC(=O)Cc1noc(COC(=O)C2=NN(c3ccccc3)C(=O)CC2)n1. The van der Waals surface area contributed by atoms with Crippen LogP contribution in [-0.2, 0) is 32.1 Å². The van der Waals surface area contributed by atoms with Gasteiger partial charge in [-0.15, -0.1) is 0 Å². The second-order valence-corrected chi connectivity index (χ2v) is 7.19. The highest BCUT2D eigenvalue weighted by atomic mass is 16.6. The summed E-state index contributed by atoms with van der Waals surface area (Å²) < 4.78 is 15.5. The molecule has 0 saturated heterocycles. The van der Waals surface area contributed by atoms with Crippen LogP contribution in [0, 0.1) is 0 Å². The van der Waals surface area contributed by atoms with Crippen LogP contribution in [0.15, 0.2) is 64.2 Å². The molecular weight excluding hydrogens is 442 g/mol. The van der Waals surface area contributed by atoms with E-state index < -0.39 is 5.97 Å². The van der Waals surface area contributed by atoms with Gasteiger partial charge in [-0.3, -0.25) is 9.59 Å². The van der Waals surface area contributed by atoms with Crippen LogP contribution in [0.1, 0.15) is 24.6 Å². The zero-order valence-electron chi connectivity index (χ0n) is 18.3. The highest BCUT2D eigenvalue weighted by molar-refractivity contribution is 6.37. The van der Waals surface area contributed by atoms with Gasteiger partial charge in [-0.25, -0.2) is 9.80 Å². The number of nitrogens with zero attached hydrogens (tertiary/aromatic N) is 4. The molecule has 2 amide bonds. The maximum atomic E-state index is 12.4. The van der Waals surface area contributed by atoms with Crippen LogP contribution in [0.4, 0.5) is 11.4 Å². The number of aromatic nitrogens is 2. The van der Waals surface area contributed by atoms with Crippen molar-refractivity contribution in [1.82, 2.24) is 10.1 Å². The third kappa shape index (κ3) is 5.44. The number of anilines is 2. The van der Waals surface area contributed by atoms with E-state index in [2.05, 4.69) is 20.6 Å². The molecule has 0 saturated carbocycles. The summed E-state index contributed by atoms with van der Waals surface area (Å²) in [5.74, 6) is -0.585. The van der Waals surface area contributed by atoms with Gasteiger partial charge in [0.2, 0.25) is 11.8 Å². The van der Waals surface area contributed by atoms with E-state index in [1.165, 1.54) is 12.1 Å². The Morgan fingerprint density at radius 1 is 1.09 bits per heavy atom. The minimum Gasteiger partial charge on any atom is -0.495 e. The zero-order chi connectivity index (χ0) is 23.9. The Morgan fingerprint density at radius 3 is 2.65 bits per heavy atom. The summed E-state index contributed by atoms with van der Waals surface area (Å²) in [4.78, 5) is 41.0. The molecule has 0 radical (unpaired) electrons. The Morgan fingerprint density at radius 2 is 1.85 bits per heavy atom. The van der Waals surface area contributed by atoms with E-state index in [1.807, 2.05) is 6.07 Å². The third-order valence-corrected chi connectivity index (χ3v) is 4.81. The summed E-state index contributed by atoms with van der Waals surface area (Å²) >= 11 is 0. The van der Waals surface area contributed by atoms with Gasteiger partial charge in [-0.1, -0.05) is 35.5 Å². The van der Waals surface area contributed by atoms with Crippen molar-refractivity contribution in [2.24, 2.45) is 5.10 Å². The molecule has 2 heterocycles. The number of hydrogen-bond acceptors (Lipinski definition) is 9. The summed E-state index contributed by atoms with van der Waals surface area (Å²) in [6.07, 6.45) is 0.157. The average molecular weight is 463 g/mol. The van der Waals surface area contributed by atoms with Crippen molar-refractivity contribution in [2.45, 2.75) is 25.9 Å². The summed E-state index contributed by atoms with van der Waals surface area (Å²) in [6.45, 7) is -0.293. The van der Waals surface area contributed by atoms with Gasteiger partial charge < -0.3 is 19.3 Å². The van der Waals surface area contributed by atoms with E-state index in [0.29, 0.717) is 17.1 Å². The average Bonchev–Trinajstić information content (AvgIpc) is 3.30. The number of rotatable bonds is 8. The molecule has 3 aromatic rings. The van der Waals surface area contributed by atoms with Gasteiger partial charge in [0.25, 0.3) is 5.89 Å². The number of ether oxygens (including phenoxy) is 2. The molecule has 2 aromatic carbocycles. The van der Waals surface area contributed by atoms with Crippen molar-refractivity contribution in [2.75, 3.05) is 17.4 Å². The lowest BCUT2D eigenvalue weighted by Gasteiger charge is -2.22. The molecular formula is C23H21N5O6. The van der Waals surface area contributed by atoms with Crippen LogP contribution in [0.2, 0.25) is 0 Å². The number of methoxy groups -OCH3 is 1. The van der Waals surface area contributed by atoms with Crippen LogP contribution in [0.3, 0.4) is 0 Å². The van der Waals surface area contributed by atoms with Crippen molar-refractivity contribution in [3.63, 3.8) is 0 Å². The molecule has 0 fully saturated rings. The molecule has 0 spiro atoms. The molecule has 0 unspecified atom stereocenters. The Kier molecular flexibility index (Phi) is 6.92. The molecule has 1 aromatic heterocycles. The third-order valence-electron chi connectivity index (χ3n) is 4.81. The predicted octanol–water partition coefficient (Wildman–Crippen LogP) is 2.49. The lowest BCUT2D eigenvalue weighted by molar-refractivity contribution is -0.137. The van der Waals surface area contributed by atoms with Crippen LogP contribution < -0.4 is 15.1 Å². The molecule has 0 atom stereocenters. The zero-order valence-corrected chi connectivity index (χ0v) is 18.3. The molecule has 0 aliphatic carbocycles. The number of carbonyl (C=O) groups excluding carboxylic acids is 3. The number of amides is 2. The topological polar surface area (TPSA) is 136 Å². The molecule has 11 nitrogen and oxygen atoms in total. The van der Waals surface area contributed by atoms with Crippen LogP contribution >= 0.6 is 0 Å². The number of hydrogen-bond donors (Lipinski definition) is 1. The predicted molar refractivity (Wildman–Crippen MR) is 120 cm³/mol. The van der Waals surface area contributed by atoms with Gasteiger partial charge in [0.05, 0.1) is 24.9 Å². The number of para-hydroxylation sites is 3. The Bertz CT molecular complexity index is 1220. The van der Waals surface area contributed by atoms with E-state index >= 15 is 0 Å². The molecule has 4 rings (SSSR count). The fraction of sp³-hybridized carbons (Fsp3) is 0.217. The normalized spacial score (nSPS) is 13.3. The first kappa shape index (κ1) is 22.6. The molecule has 11 heteroatoms. The minimum atomic E-state index is -0.693. The lowest BCUT2D eigenvalue weighted by atomic mass is 10.1. The Hall–Kier alpha value is -4.54. The fourth-order valence-electron chi connectivity index (χ4n) is 3.19. The van der Waals surface area contributed by atoms with Gasteiger partial charge in [0.15, 0.2) is 12.4 Å². The number of hydrazone groups is 1. The first-order valence-corrected chi connectivity index (χ1v) is 10.4. The van der Waals surface area contributed by atoms with Crippen LogP contribution in [-0.4, -0.2) is 40.7 Å². The standard InChI is InChI=1S/C23H21N5O6/c1-32-18-10-6-5-9-16(18)24-20(29)13-19-25-21(34-27-19)14-33-23(31)17-11-12-22(30)28(26-17)15-7-3-2-4-8-15/h2-10H,11-14H2,1H3,(H,24,29). The first-order valence-electron chi connectivity index (χ1n) is 10.4. The summed E-state index contributed by atoms with van der Waals surface area (Å²) in [6, 6.07) is 15.8. The number of benzene rings is 2. The van der Waals surface area contributed by atoms with Crippen molar-refractivity contribution in [3.8, 4) is 5.75 Å². The highest BCUT2D eigenvalue weighted by Crippen LogP contribution is 2.23. The van der Waals surface area contributed by atoms with Crippen LogP contribution in [0.25, 0.3) is 0 Å². The number of nitrogens with one attached hydrogen (secondary N) is 1. The van der Waals surface area contributed by atoms with E-state index in [-0.39, 0.29) is 55.1 Å². The smallest absolute Gasteiger partial charge is 0.355 e. The van der Waals surface area contributed by atoms with Crippen molar-refractivity contribution >= 4 is 34.9 Å². The molecule has 1 N–H and O–H groups in total. The molecule has 0 bridgehead atoms. The second kappa shape index (κ2) is 10.4. The monoisotopic (exact) mass is 463 g/mol. The van der Waals surface area contributed by atoms with Gasteiger partial charge >= 0.3 is 5.97 Å². The number of esters is 1. The van der Waals surface area contributed by atoms with Crippen molar-refractivity contribution < 1.29 is 28.4 Å². The maximum absolute atomic E-state index is 12.4. The van der Waals surface area contributed by atoms with Gasteiger partial charge in [0, 0.05) is 12.8 Å². The highest BCUT2D eigenvalue weighted by Gasteiger charge is 2.27. The van der Waals surface area contributed by atoms with E-state index in [1.54, 1.807) is 48.5 Å². The van der Waals surface area contributed by atoms with E-state index in [9.17, 15) is 14.4 Å². The first-order chi connectivity index (χ1) is 16.5. The molecule has 34 heavy (non-hydrogen) atoms. The largest absolute Gasteiger partial charge is 0.495 e. The van der Waals surface area contributed by atoms with Crippen molar-refractivity contribution in [1.29, 1.82) is 0 Å². The lowest BCUT2D eigenvalue weighted by Crippen LogP contribution is -2.34. The second-order valence-electron chi connectivity index (χ2n) is 7.19. The Labute approximate surface area is 194 Å². The minimum absolute atomic E-state index is 0.0286. The summed E-state index contributed by atoms with van der Waals surface area (Å²) in [5.41, 5.74) is 1.19. The fourth-order valence-corrected chi connectivity index (χ4v) is 3.19. The van der Waals surface area contributed by atoms with Gasteiger partial charge in [-0.2, -0.15) is 10.1 Å². The van der Waals surface area contributed by atoms with Gasteiger partial charge in [0.1, 0.15) is 11.5 Å².